The fourth-order valence-electron chi connectivity index (χ4n) is 2.61. The number of carbonyl (C=O) groups excluding carboxylic acids is 1. The molecule has 0 aliphatic carbocycles. The maximum absolute atomic E-state index is 11.3. The summed E-state index contributed by atoms with van der Waals surface area (Å²) in [6.45, 7) is 5.84. The lowest BCUT2D eigenvalue weighted by Crippen LogP contribution is -2.41. The van der Waals surface area contributed by atoms with Crippen molar-refractivity contribution in [1.82, 2.24) is 4.90 Å². The molecule has 0 atom stereocenters. The predicted octanol–water partition coefficient (Wildman–Crippen LogP) is 2.52. The zero-order valence-electron chi connectivity index (χ0n) is 13.0. The van der Waals surface area contributed by atoms with Crippen molar-refractivity contribution < 1.29 is 14.3 Å². The van der Waals surface area contributed by atoms with Crippen molar-refractivity contribution >= 4 is 11.6 Å². The van der Waals surface area contributed by atoms with Crippen LogP contribution in [0, 0.1) is 0 Å². The standard InChI is InChI=1S/C16H24N2O3/c1-4-21-15-6-5-14(11-16(15)20-3)17-13-7-9-18(10-8-13)12(2)19/h5-6,11,13,17H,4,7-10H2,1-3H3. The minimum Gasteiger partial charge on any atom is -0.493 e. The van der Waals surface area contributed by atoms with E-state index in [9.17, 15) is 4.79 Å². The number of anilines is 1. The number of hydrogen-bond acceptors (Lipinski definition) is 4. The Kier molecular flexibility index (Phi) is 5.31. The van der Waals surface area contributed by atoms with Gasteiger partial charge in [-0.1, -0.05) is 0 Å². The van der Waals surface area contributed by atoms with Gasteiger partial charge in [-0.2, -0.15) is 0 Å². The Morgan fingerprint density at radius 2 is 2.05 bits per heavy atom. The third kappa shape index (κ3) is 4.03. The molecule has 1 fully saturated rings. The van der Waals surface area contributed by atoms with E-state index in [0.29, 0.717) is 12.6 Å². The number of nitrogens with zero attached hydrogens (tertiary/aromatic N) is 1. The first-order valence-corrected chi connectivity index (χ1v) is 7.47. The summed E-state index contributed by atoms with van der Waals surface area (Å²) in [7, 11) is 1.65. The number of hydrogen-bond donors (Lipinski definition) is 1. The smallest absolute Gasteiger partial charge is 0.219 e. The van der Waals surface area contributed by atoms with Crippen LogP contribution in [0.15, 0.2) is 18.2 Å². The molecule has 1 amide bonds. The van der Waals surface area contributed by atoms with Crippen LogP contribution in [-0.2, 0) is 4.79 Å². The zero-order chi connectivity index (χ0) is 15.2. The van der Waals surface area contributed by atoms with E-state index in [-0.39, 0.29) is 5.91 Å². The Morgan fingerprint density at radius 3 is 2.62 bits per heavy atom. The van der Waals surface area contributed by atoms with Crippen LogP contribution in [0.25, 0.3) is 0 Å². The molecule has 1 aliphatic rings. The van der Waals surface area contributed by atoms with Gasteiger partial charge in [-0.3, -0.25) is 4.79 Å². The monoisotopic (exact) mass is 292 g/mol. The van der Waals surface area contributed by atoms with Crippen molar-refractivity contribution in [2.75, 3.05) is 32.1 Å². The Morgan fingerprint density at radius 1 is 1.33 bits per heavy atom. The number of methoxy groups -OCH3 is 1. The molecule has 1 N–H and O–H groups in total. The molecule has 1 saturated heterocycles. The van der Waals surface area contributed by atoms with Crippen LogP contribution in [0.2, 0.25) is 0 Å². The summed E-state index contributed by atoms with van der Waals surface area (Å²) < 4.78 is 10.9. The van der Waals surface area contributed by atoms with Crippen LogP contribution >= 0.6 is 0 Å². The highest BCUT2D eigenvalue weighted by molar-refractivity contribution is 5.73. The second-order valence-electron chi connectivity index (χ2n) is 5.22. The maximum atomic E-state index is 11.3. The molecular formula is C16H24N2O3. The van der Waals surface area contributed by atoms with E-state index in [1.807, 2.05) is 30.0 Å². The number of carbonyl (C=O) groups is 1. The number of rotatable bonds is 5. The van der Waals surface area contributed by atoms with Crippen molar-refractivity contribution in [3.05, 3.63) is 18.2 Å². The minimum atomic E-state index is 0.163. The lowest BCUT2D eigenvalue weighted by atomic mass is 10.0. The molecule has 116 valence electrons. The first kappa shape index (κ1) is 15.5. The van der Waals surface area contributed by atoms with Crippen molar-refractivity contribution in [2.24, 2.45) is 0 Å². The Labute approximate surface area is 126 Å². The van der Waals surface area contributed by atoms with Gasteiger partial charge in [-0.05, 0) is 31.9 Å². The second-order valence-corrected chi connectivity index (χ2v) is 5.22. The lowest BCUT2D eigenvalue weighted by molar-refractivity contribution is -0.129. The molecule has 1 heterocycles. The highest BCUT2D eigenvalue weighted by Crippen LogP contribution is 2.31. The van der Waals surface area contributed by atoms with E-state index in [1.165, 1.54) is 0 Å². The molecule has 0 saturated carbocycles. The molecule has 0 unspecified atom stereocenters. The van der Waals surface area contributed by atoms with Gasteiger partial charge in [0.25, 0.3) is 0 Å². The topological polar surface area (TPSA) is 50.8 Å². The van der Waals surface area contributed by atoms with Crippen LogP contribution < -0.4 is 14.8 Å². The van der Waals surface area contributed by atoms with E-state index in [1.54, 1.807) is 14.0 Å². The molecule has 5 heteroatoms. The zero-order valence-corrected chi connectivity index (χ0v) is 13.0. The van der Waals surface area contributed by atoms with Gasteiger partial charge in [-0.25, -0.2) is 0 Å². The molecular weight excluding hydrogens is 268 g/mol. The summed E-state index contributed by atoms with van der Waals surface area (Å²) in [5.41, 5.74) is 1.02. The Balaban J connectivity index is 1.96. The molecule has 1 aromatic carbocycles. The van der Waals surface area contributed by atoms with Gasteiger partial charge in [0, 0.05) is 37.8 Å². The van der Waals surface area contributed by atoms with E-state index in [4.69, 9.17) is 9.47 Å². The van der Waals surface area contributed by atoms with Crippen LogP contribution in [0.5, 0.6) is 11.5 Å². The fraction of sp³-hybridized carbons (Fsp3) is 0.562. The normalized spacial score (nSPS) is 15.7. The second kappa shape index (κ2) is 7.20. The quantitative estimate of drug-likeness (QED) is 0.906. The molecule has 1 aromatic rings. The van der Waals surface area contributed by atoms with Gasteiger partial charge in [0.1, 0.15) is 0 Å². The van der Waals surface area contributed by atoms with Crippen LogP contribution in [0.3, 0.4) is 0 Å². The van der Waals surface area contributed by atoms with E-state index < -0.39 is 0 Å². The molecule has 21 heavy (non-hydrogen) atoms. The van der Waals surface area contributed by atoms with Gasteiger partial charge in [0.05, 0.1) is 13.7 Å². The van der Waals surface area contributed by atoms with E-state index in [2.05, 4.69) is 5.32 Å². The van der Waals surface area contributed by atoms with Gasteiger partial charge in [0.15, 0.2) is 11.5 Å². The van der Waals surface area contributed by atoms with Gasteiger partial charge < -0.3 is 19.7 Å². The lowest BCUT2D eigenvalue weighted by Gasteiger charge is -2.32. The summed E-state index contributed by atoms with van der Waals surface area (Å²) in [6, 6.07) is 6.28. The number of ether oxygens (including phenoxy) is 2. The van der Waals surface area contributed by atoms with Crippen molar-refractivity contribution in [1.29, 1.82) is 0 Å². The third-order valence-electron chi connectivity index (χ3n) is 3.77. The highest BCUT2D eigenvalue weighted by atomic mass is 16.5. The number of likely N-dealkylation sites (tertiary alicyclic amines) is 1. The summed E-state index contributed by atoms with van der Waals surface area (Å²) in [6.07, 6.45) is 1.93. The fourth-order valence-corrected chi connectivity index (χ4v) is 2.61. The number of piperidine rings is 1. The summed E-state index contributed by atoms with van der Waals surface area (Å²) in [5, 5.41) is 3.51. The number of benzene rings is 1. The predicted molar refractivity (Wildman–Crippen MR) is 83.1 cm³/mol. The SMILES string of the molecule is CCOc1ccc(NC2CCN(C(C)=O)CC2)cc1OC. The van der Waals surface area contributed by atoms with E-state index >= 15 is 0 Å². The first-order valence-electron chi connectivity index (χ1n) is 7.47. The Hall–Kier alpha value is -1.91. The summed E-state index contributed by atoms with van der Waals surface area (Å²) in [5.74, 6) is 1.66. The molecule has 0 spiro atoms. The van der Waals surface area contributed by atoms with Crippen LogP contribution in [0.1, 0.15) is 26.7 Å². The van der Waals surface area contributed by atoms with Gasteiger partial charge in [-0.15, -0.1) is 0 Å². The van der Waals surface area contributed by atoms with Crippen LogP contribution in [0.4, 0.5) is 5.69 Å². The van der Waals surface area contributed by atoms with Crippen molar-refractivity contribution in [2.45, 2.75) is 32.7 Å². The number of amides is 1. The minimum absolute atomic E-state index is 0.163. The van der Waals surface area contributed by atoms with Gasteiger partial charge >= 0.3 is 0 Å². The maximum Gasteiger partial charge on any atom is 0.219 e. The van der Waals surface area contributed by atoms with Gasteiger partial charge in [0.2, 0.25) is 5.91 Å². The highest BCUT2D eigenvalue weighted by Gasteiger charge is 2.20. The summed E-state index contributed by atoms with van der Waals surface area (Å²) in [4.78, 5) is 13.2. The van der Waals surface area contributed by atoms with Crippen molar-refractivity contribution in [3.8, 4) is 11.5 Å². The summed E-state index contributed by atoms with van der Waals surface area (Å²) >= 11 is 0. The number of nitrogens with one attached hydrogen (secondary N) is 1. The molecule has 0 bridgehead atoms. The molecule has 2 rings (SSSR count). The first-order chi connectivity index (χ1) is 10.1. The van der Waals surface area contributed by atoms with Crippen LogP contribution in [-0.4, -0.2) is 43.7 Å². The average molecular weight is 292 g/mol. The van der Waals surface area contributed by atoms with Crippen molar-refractivity contribution in [3.63, 3.8) is 0 Å². The Bertz CT molecular complexity index is 482. The largest absolute Gasteiger partial charge is 0.493 e. The van der Waals surface area contributed by atoms with E-state index in [0.717, 1.165) is 43.1 Å². The molecule has 0 aromatic heterocycles. The molecule has 5 nitrogen and oxygen atoms in total. The molecule has 1 aliphatic heterocycles. The molecule has 0 radical (unpaired) electrons. The third-order valence-corrected chi connectivity index (χ3v) is 3.77. The average Bonchev–Trinajstić information content (AvgIpc) is 2.49.